The van der Waals surface area contributed by atoms with Gasteiger partial charge in [0.2, 0.25) is 15.9 Å². The van der Waals surface area contributed by atoms with E-state index in [-0.39, 0.29) is 12.3 Å². The van der Waals surface area contributed by atoms with E-state index >= 15 is 0 Å². The second kappa shape index (κ2) is 9.71. The van der Waals surface area contributed by atoms with Gasteiger partial charge in [-0.15, -0.1) is 0 Å². The van der Waals surface area contributed by atoms with Crippen LogP contribution in [0.3, 0.4) is 0 Å². The first kappa shape index (κ1) is 21.1. The van der Waals surface area contributed by atoms with Crippen LogP contribution in [-0.4, -0.2) is 63.1 Å². The minimum atomic E-state index is -3.38. The summed E-state index contributed by atoms with van der Waals surface area (Å²) in [7, 11) is -3.38. The lowest BCUT2D eigenvalue weighted by molar-refractivity contribution is -0.132. The molecule has 0 radical (unpaired) electrons. The standard InChI is InChI=1S/C22H27N3O3S/c1-29(27,28)23-21-12-6-5-11-20(21)18-22(26)25-16-14-24(15-17-25)13-7-10-19-8-3-2-4-9-19/h2-12,23H,13-18H2,1H3/b10-7+. The quantitative estimate of drug-likeness (QED) is 0.757. The highest BCUT2D eigenvalue weighted by Crippen LogP contribution is 2.18. The zero-order valence-electron chi connectivity index (χ0n) is 16.6. The van der Waals surface area contributed by atoms with E-state index in [9.17, 15) is 13.2 Å². The van der Waals surface area contributed by atoms with Gasteiger partial charge in [-0.25, -0.2) is 8.42 Å². The van der Waals surface area contributed by atoms with Gasteiger partial charge in [0, 0.05) is 32.7 Å². The summed E-state index contributed by atoms with van der Waals surface area (Å²) >= 11 is 0. The van der Waals surface area contributed by atoms with Crippen molar-refractivity contribution in [2.45, 2.75) is 6.42 Å². The van der Waals surface area contributed by atoms with E-state index in [2.05, 4.69) is 33.9 Å². The molecule has 154 valence electrons. The third-order valence-electron chi connectivity index (χ3n) is 4.85. The Morgan fingerprint density at radius 2 is 1.66 bits per heavy atom. The van der Waals surface area contributed by atoms with Gasteiger partial charge < -0.3 is 4.90 Å². The van der Waals surface area contributed by atoms with Crippen molar-refractivity contribution in [2.75, 3.05) is 43.7 Å². The van der Waals surface area contributed by atoms with Crippen molar-refractivity contribution < 1.29 is 13.2 Å². The van der Waals surface area contributed by atoms with Crippen LogP contribution in [0.15, 0.2) is 60.7 Å². The highest BCUT2D eigenvalue weighted by molar-refractivity contribution is 7.92. The van der Waals surface area contributed by atoms with Crippen LogP contribution in [0.5, 0.6) is 0 Å². The Bertz CT molecular complexity index is 950. The Morgan fingerprint density at radius 1 is 1.00 bits per heavy atom. The van der Waals surface area contributed by atoms with Gasteiger partial charge in [0.25, 0.3) is 0 Å². The van der Waals surface area contributed by atoms with Crippen LogP contribution in [0.2, 0.25) is 0 Å². The molecule has 0 aliphatic carbocycles. The first-order chi connectivity index (χ1) is 13.9. The summed E-state index contributed by atoms with van der Waals surface area (Å²) in [5, 5.41) is 0. The van der Waals surface area contributed by atoms with Crippen LogP contribution >= 0.6 is 0 Å². The van der Waals surface area contributed by atoms with E-state index in [1.165, 1.54) is 5.56 Å². The van der Waals surface area contributed by atoms with Gasteiger partial charge in [-0.05, 0) is 17.2 Å². The molecule has 0 bridgehead atoms. The summed E-state index contributed by atoms with van der Waals surface area (Å²) in [4.78, 5) is 16.9. The predicted octanol–water partition coefficient (Wildman–Crippen LogP) is 2.46. The molecular formula is C22H27N3O3S. The Balaban J connectivity index is 1.50. The number of sulfonamides is 1. The molecular weight excluding hydrogens is 386 g/mol. The van der Waals surface area contributed by atoms with Gasteiger partial charge in [0.15, 0.2) is 0 Å². The van der Waals surface area contributed by atoms with Crippen LogP contribution in [0.25, 0.3) is 6.08 Å². The number of hydrogen-bond donors (Lipinski definition) is 1. The number of carbonyl (C=O) groups excluding carboxylic acids is 1. The second-order valence-corrected chi connectivity index (χ2v) is 8.95. The number of benzene rings is 2. The van der Waals surface area contributed by atoms with Crippen molar-refractivity contribution in [3.63, 3.8) is 0 Å². The van der Waals surface area contributed by atoms with Gasteiger partial charge in [-0.3, -0.25) is 14.4 Å². The Kier molecular flexibility index (Phi) is 7.06. The zero-order chi connectivity index (χ0) is 20.7. The third kappa shape index (κ3) is 6.73. The third-order valence-corrected chi connectivity index (χ3v) is 5.44. The molecule has 7 heteroatoms. The lowest BCUT2D eigenvalue weighted by atomic mass is 10.1. The molecule has 0 spiro atoms. The summed E-state index contributed by atoms with van der Waals surface area (Å²) in [5.41, 5.74) is 2.34. The fraction of sp³-hybridized carbons (Fsp3) is 0.318. The first-order valence-corrected chi connectivity index (χ1v) is 11.6. The van der Waals surface area contributed by atoms with Crippen LogP contribution in [0, 0.1) is 0 Å². The monoisotopic (exact) mass is 413 g/mol. The molecule has 6 nitrogen and oxygen atoms in total. The molecule has 1 heterocycles. The van der Waals surface area contributed by atoms with Gasteiger partial charge in [-0.2, -0.15) is 0 Å². The van der Waals surface area contributed by atoms with Crippen molar-refractivity contribution in [1.29, 1.82) is 0 Å². The molecule has 1 fully saturated rings. The molecule has 0 atom stereocenters. The topological polar surface area (TPSA) is 69.7 Å². The van der Waals surface area contributed by atoms with Gasteiger partial charge in [0.05, 0.1) is 18.4 Å². The van der Waals surface area contributed by atoms with Crippen molar-refractivity contribution in [3.8, 4) is 0 Å². The lowest BCUT2D eigenvalue weighted by Crippen LogP contribution is -2.49. The SMILES string of the molecule is CS(=O)(=O)Nc1ccccc1CC(=O)N1CCN(C/C=C/c2ccccc2)CC1. The summed E-state index contributed by atoms with van der Waals surface area (Å²) < 4.78 is 25.6. The van der Waals surface area contributed by atoms with Gasteiger partial charge in [0.1, 0.15) is 0 Å². The average Bonchev–Trinajstić information content (AvgIpc) is 2.70. The number of hydrogen-bond acceptors (Lipinski definition) is 4. The molecule has 2 aromatic carbocycles. The molecule has 1 aliphatic heterocycles. The summed E-state index contributed by atoms with van der Waals surface area (Å²) in [6.45, 7) is 3.87. The molecule has 0 saturated carbocycles. The molecule has 3 rings (SSSR count). The van der Waals surface area contributed by atoms with Crippen molar-refractivity contribution in [2.24, 2.45) is 0 Å². The van der Waals surface area contributed by atoms with E-state index in [0.717, 1.165) is 25.9 Å². The average molecular weight is 414 g/mol. The Labute approximate surface area is 172 Å². The number of nitrogens with zero attached hydrogens (tertiary/aromatic N) is 2. The maximum atomic E-state index is 12.7. The summed E-state index contributed by atoms with van der Waals surface area (Å²) in [6, 6.07) is 17.2. The minimum Gasteiger partial charge on any atom is -0.340 e. The number of piperazine rings is 1. The van der Waals surface area contributed by atoms with Gasteiger partial charge >= 0.3 is 0 Å². The maximum Gasteiger partial charge on any atom is 0.229 e. The van der Waals surface area contributed by atoms with Crippen molar-refractivity contribution >= 4 is 27.7 Å². The Morgan fingerprint density at radius 3 is 2.34 bits per heavy atom. The van der Waals surface area contributed by atoms with E-state index in [0.29, 0.717) is 24.3 Å². The van der Waals surface area contributed by atoms with E-state index in [4.69, 9.17) is 0 Å². The normalized spacial score (nSPS) is 15.6. The fourth-order valence-electron chi connectivity index (χ4n) is 3.33. The smallest absolute Gasteiger partial charge is 0.229 e. The largest absolute Gasteiger partial charge is 0.340 e. The van der Waals surface area contributed by atoms with E-state index in [1.807, 2.05) is 29.2 Å². The number of amides is 1. The second-order valence-electron chi connectivity index (χ2n) is 7.20. The summed E-state index contributed by atoms with van der Waals surface area (Å²) in [5.74, 6) is 0.0206. The number of nitrogens with one attached hydrogen (secondary N) is 1. The van der Waals surface area contributed by atoms with E-state index < -0.39 is 10.0 Å². The lowest BCUT2D eigenvalue weighted by Gasteiger charge is -2.34. The highest BCUT2D eigenvalue weighted by Gasteiger charge is 2.21. The van der Waals surface area contributed by atoms with Crippen LogP contribution in [0.4, 0.5) is 5.69 Å². The van der Waals surface area contributed by atoms with Crippen molar-refractivity contribution in [3.05, 3.63) is 71.8 Å². The molecule has 1 amide bonds. The van der Waals surface area contributed by atoms with E-state index in [1.54, 1.807) is 18.2 Å². The van der Waals surface area contributed by atoms with Crippen LogP contribution in [-0.2, 0) is 21.2 Å². The van der Waals surface area contributed by atoms with Crippen LogP contribution in [0.1, 0.15) is 11.1 Å². The predicted molar refractivity (Wildman–Crippen MR) is 117 cm³/mol. The number of para-hydroxylation sites is 1. The molecule has 0 aromatic heterocycles. The molecule has 2 aromatic rings. The fourth-order valence-corrected chi connectivity index (χ4v) is 3.93. The maximum absolute atomic E-state index is 12.7. The minimum absolute atomic E-state index is 0.0206. The number of rotatable bonds is 7. The van der Waals surface area contributed by atoms with Gasteiger partial charge in [-0.1, -0.05) is 60.7 Å². The highest BCUT2D eigenvalue weighted by atomic mass is 32.2. The molecule has 29 heavy (non-hydrogen) atoms. The number of anilines is 1. The molecule has 0 unspecified atom stereocenters. The molecule has 1 saturated heterocycles. The Hall–Kier alpha value is -2.64. The number of carbonyl (C=O) groups is 1. The van der Waals surface area contributed by atoms with Crippen LogP contribution < -0.4 is 4.72 Å². The molecule has 1 aliphatic rings. The molecule has 1 N–H and O–H groups in total. The summed E-state index contributed by atoms with van der Waals surface area (Å²) in [6.07, 6.45) is 5.56. The van der Waals surface area contributed by atoms with Crippen molar-refractivity contribution in [1.82, 2.24) is 9.80 Å². The first-order valence-electron chi connectivity index (χ1n) is 9.68. The zero-order valence-corrected chi connectivity index (χ0v) is 17.4.